The van der Waals surface area contributed by atoms with Crippen LogP contribution in [0.1, 0.15) is 62.4 Å². The highest BCUT2D eigenvalue weighted by atomic mass is 32.1. The lowest BCUT2D eigenvalue weighted by Crippen LogP contribution is -2.33. The summed E-state index contributed by atoms with van der Waals surface area (Å²) in [5.74, 6) is 5.74. The van der Waals surface area contributed by atoms with Gasteiger partial charge in [0.1, 0.15) is 22.5 Å². The summed E-state index contributed by atoms with van der Waals surface area (Å²) >= 11 is 1.34. The highest BCUT2D eigenvalue weighted by Gasteiger charge is 2.26. The Kier molecular flexibility index (Phi) is 15.6. The fourth-order valence-electron chi connectivity index (χ4n) is 2.37. The summed E-state index contributed by atoms with van der Waals surface area (Å²) in [6.07, 6.45) is 2.70. The third kappa shape index (κ3) is 11.6. The van der Waals surface area contributed by atoms with E-state index < -0.39 is 0 Å². The molecular formula is C24H35N5O4S. The number of amides is 2. The van der Waals surface area contributed by atoms with Crippen molar-refractivity contribution >= 4 is 29.5 Å². The van der Waals surface area contributed by atoms with Crippen LogP contribution in [0.4, 0.5) is 5.82 Å². The fraction of sp³-hybridized carbons (Fsp3) is 0.417. The Balaban J connectivity index is 0.000000518. The van der Waals surface area contributed by atoms with Crippen LogP contribution < -0.4 is 16.5 Å². The molecular weight excluding hydrogens is 454 g/mol. The SMILES string of the molecule is CC.CC(C)CON.CC1=C(O)CC(c2ccc(C#N)s2)NC1=O.Cc1ccc(NC=O)nc1. The zero-order valence-corrected chi connectivity index (χ0v) is 21.4. The molecule has 5 N–H and O–H groups in total. The van der Waals surface area contributed by atoms with Crippen molar-refractivity contribution in [3.05, 3.63) is 57.1 Å². The molecule has 1 atom stereocenters. The molecule has 3 rings (SSSR count). The number of carbonyl (C=O) groups is 2. The second kappa shape index (κ2) is 17.2. The van der Waals surface area contributed by atoms with Crippen LogP contribution in [0.2, 0.25) is 0 Å². The lowest BCUT2D eigenvalue weighted by Gasteiger charge is -2.23. The van der Waals surface area contributed by atoms with E-state index in [1.54, 1.807) is 25.3 Å². The van der Waals surface area contributed by atoms with Crippen LogP contribution >= 0.6 is 11.3 Å². The molecule has 34 heavy (non-hydrogen) atoms. The maximum Gasteiger partial charge on any atom is 0.250 e. The predicted molar refractivity (Wildman–Crippen MR) is 135 cm³/mol. The van der Waals surface area contributed by atoms with Crippen molar-refractivity contribution in [3.63, 3.8) is 0 Å². The molecule has 0 aromatic carbocycles. The first-order valence-electron chi connectivity index (χ1n) is 10.9. The summed E-state index contributed by atoms with van der Waals surface area (Å²) in [7, 11) is 0. The Labute approximate surface area is 205 Å². The van der Waals surface area contributed by atoms with E-state index in [1.807, 2.05) is 52.8 Å². The number of aryl methyl sites for hydroxylation is 1. The molecule has 0 radical (unpaired) electrons. The van der Waals surface area contributed by atoms with E-state index in [2.05, 4.69) is 20.5 Å². The van der Waals surface area contributed by atoms with E-state index in [4.69, 9.17) is 11.2 Å². The number of hydrogen-bond donors (Lipinski definition) is 4. The first-order valence-corrected chi connectivity index (χ1v) is 11.7. The molecule has 1 unspecified atom stereocenters. The summed E-state index contributed by atoms with van der Waals surface area (Å²) in [5.41, 5.74) is 1.45. The molecule has 2 aromatic heterocycles. The molecule has 0 spiro atoms. The third-order valence-electron chi connectivity index (χ3n) is 4.10. The number of aliphatic hydroxyl groups is 1. The number of nitrogens with zero attached hydrogens (tertiary/aromatic N) is 2. The second-order valence-electron chi connectivity index (χ2n) is 7.33. The highest BCUT2D eigenvalue weighted by molar-refractivity contribution is 7.12. The van der Waals surface area contributed by atoms with Gasteiger partial charge >= 0.3 is 0 Å². The summed E-state index contributed by atoms with van der Waals surface area (Å²) < 4.78 is 0. The summed E-state index contributed by atoms with van der Waals surface area (Å²) in [6.45, 7) is 12.3. The van der Waals surface area contributed by atoms with Crippen molar-refractivity contribution in [2.75, 3.05) is 11.9 Å². The third-order valence-corrected chi connectivity index (χ3v) is 5.21. The Morgan fingerprint density at radius 1 is 1.35 bits per heavy atom. The van der Waals surface area contributed by atoms with Crippen molar-refractivity contribution in [2.24, 2.45) is 11.8 Å². The number of carbonyl (C=O) groups excluding carboxylic acids is 2. The van der Waals surface area contributed by atoms with Gasteiger partial charge in [-0.2, -0.15) is 5.26 Å². The number of nitrogens with two attached hydrogens (primary N) is 1. The van der Waals surface area contributed by atoms with Crippen molar-refractivity contribution in [2.45, 2.75) is 54.0 Å². The number of thiophene rings is 1. The normalized spacial score (nSPS) is 14.2. The number of aromatic nitrogens is 1. The van der Waals surface area contributed by atoms with Gasteiger partial charge in [0.25, 0.3) is 5.91 Å². The first-order chi connectivity index (χ1) is 16.2. The fourth-order valence-corrected chi connectivity index (χ4v) is 3.23. The van der Waals surface area contributed by atoms with E-state index in [9.17, 15) is 14.7 Å². The predicted octanol–water partition coefficient (Wildman–Crippen LogP) is 4.53. The lowest BCUT2D eigenvalue weighted by atomic mass is 10.0. The molecule has 0 saturated carbocycles. The average Bonchev–Trinajstić information content (AvgIpc) is 3.30. The van der Waals surface area contributed by atoms with Gasteiger partial charge < -0.3 is 20.6 Å². The second-order valence-corrected chi connectivity index (χ2v) is 8.44. The smallest absolute Gasteiger partial charge is 0.250 e. The van der Waals surface area contributed by atoms with Gasteiger partial charge in [-0.1, -0.05) is 33.8 Å². The van der Waals surface area contributed by atoms with Crippen LogP contribution in [-0.4, -0.2) is 29.0 Å². The molecule has 0 bridgehead atoms. The van der Waals surface area contributed by atoms with Crippen molar-refractivity contribution in [1.29, 1.82) is 5.26 Å². The van der Waals surface area contributed by atoms with Gasteiger partial charge in [-0.05, 0) is 43.5 Å². The van der Waals surface area contributed by atoms with Crippen LogP contribution in [0, 0.1) is 24.2 Å². The Morgan fingerprint density at radius 3 is 2.44 bits per heavy atom. The largest absolute Gasteiger partial charge is 0.512 e. The topological polar surface area (TPSA) is 150 Å². The minimum atomic E-state index is -0.249. The molecule has 1 aliphatic rings. The van der Waals surface area contributed by atoms with Gasteiger partial charge in [-0.3, -0.25) is 9.59 Å². The van der Waals surface area contributed by atoms with Gasteiger partial charge in [0.15, 0.2) is 0 Å². The number of aliphatic hydroxyl groups excluding tert-OH is 1. The summed E-state index contributed by atoms with van der Waals surface area (Å²) in [5, 5.41) is 23.5. The monoisotopic (exact) mass is 489 g/mol. The van der Waals surface area contributed by atoms with Crippen molar-refractivity contribution in [1.82, 2.24) is 10.3 Å². The van der Waals surface area contributed by atoms with E-state index in [-0.39, 0.29) is 17.7 Å². The van der Waals surface area contributed by atoms with Gasteiger partial charge in [0, 0.05) is 17.5 Å². The standard InChI is InChI=1S/C11H10N2O2S.C7H8N2O.C4H11NO.C2H6/c1-6-9(14)4-8(13-11(6)15)10-3-2-7(5-12)16-10;1-6-2-3-7(8-4-6)9-5-10;1-4(2)3-6-5;1-2/h2-3,8,14H,4H2,1H3,(H,13,15);2-5H,1H3,(H,8,9,10);4H,3,5H2,1-2H3;1-2H3. The van der Waals surface area contributed by atoms with Crippen LogP contribution in [0.3, 0.4) is 0 Å². The molecule has 2 aromatic rings. The van der Waals surface area contributed by atoms with Crippen LogP contribution in [0.25, 0.3) is 0 Å². The number of nitrogens with one attached hydrogen (secondary N) is 2. The molecule has 1 aliphatic heterocycles. The van der Waals surface area contributed by atoms with Crippen molar-refractivity contribution in [3.8, 4) is 6.07 Å². The lowest BCUT2D eigenvalue weighted by molar-refractivity contribution is -0.119. The zero-order valence-electron chi connectivity index (χ0n) is 20.6. The van der Waals surface area contributed by atoms with Crippen molar-refractivity contribution < 1.29 is 19.5 Å². The zero-order chi connectivity index (χ0) is 26.1. The maximum atomic E-state index is 11.5. The Morgan fingerprint density at radius 2 is 2.03 bits per heavy atom. The molecule has 3 heterocycles. The van der Waals surface area contributed by atoms with Crippen LogP contribution in [-0.2, 0) is 14.4 Å². The number of hydrogen-bond acceptors (Lipinski definition) is 8. The van der Waals surface area contributed by atoms with Gasteiger partial charge in [0.05, 0.1) is 18.2 Å². The van der Waals surface area contributed by atoms with Gasteiger partial charge in [-0.25, -0.2) is 10.9 Å². The molecule has 0 aliphatic carbocycles. The average molecular weight is 490 g/mol. The summed E-state index contributed by atoms with van der Waals surface area (Å²) in [4.78, 5) is 31.1. The first kappa shape index (κ1) is 30.7. The number of anilines is 1. The minimum absolute atomic E-state index is 0.126. The molecule has 10 heteroatoms. The molecule has 2 amide bonds. The molecule has 186 valence electrons. The molecule has 9 nitrogen and oxygen atoms in total. The molecule has 0 fully saturated rings. The number of pyridine rings is 1. The minimum Gasteiger partial charge on any atom is -0.512 e. The quantitative estimate of drug-likeness (QED) is 0.356. The summed E-state index contributed by atoms with van der Waals surface area (Å²) in [6, 6.07) is 9.00. The van der Waals surface area contributed by atoms with Gasteiger partial charge in [0.2, 0.25) is 6.41 Å². The molecule has 0 saturated heterocycles. The van der Waals surface area contributed by atoms with Crippen LogP contribution in [0.5, 0.6) is 0 Å². The number of rotatable bonds is 5. The van der Waals surface area contributed by atoms with Gasteiger partial charge in [-0.15, -0.1) is 11.3 Å². The van der Waals surface area contributed by atoms with Crippen LogP contribution in [0.15, 0.2) is 41.8 Å². The highest BCUT2D eigenvalue weighted by Crippen LogP contribution is 2.30. The maximum absolute atomic E-state index is 11.5. The number of nitriles is 1. The Bertz CT molecular complexity index is 949. The van der Waals surface area contributed by atoms with E-state index in [0.29, 0.717) is 41.6 Å². The van der Waals surface area contributed by atoms with E-state index in [0.717, 1.165) is 10.4 Å². The Hall–Kier alpha value is -3.26. The van der Waals surface area contributed by atoms with E-state index >= 15 is 0 Å². The van der Waals surface area contributed by atoms with E-state index in [1.165, 1.54) is 11.3 Å².